The maximum absolute atomic E-state index is 11.9. The smallest absolute Gasteiger partial charge is 0.298 e. The van der Waals surface area contributed by atoms with Crippen LogP contribution in [0.1, 0.15) is 24.6 Å². The summed E-state index contributed by atoms with van der Waals surface area (Å²) in [7, 11) is 3.19. The molecule has 0 unspecified atom stereocenters. The molecule has 0 aliphatic carbocycles. The van der Waals surface area contributed by atoms with Gasteiger partial charge >= 0.3 is 0 Å². The fraction of sp³-hybridized carbons (Fsp3) is 0.318. The lowest BCUT2D eigenvalue weighted by atomic mass is 10.2. The van der Waals surface area contributed by atoms with Crippen molar-refractivity contribution in [2.24, 2.45) is 0 Å². The summed E-state index contributed by atoms with van der Waals surface area (Å²) in [6, 6.07) is 5.51. The van der Waals surface area contributed by atoms with Crippen molar-refractivity contribution in [3.8, 4) is 35.2 Å². The Morgan fingerprint density at radius 2 is 1.97 bits per heavy atom. The molecule has 7 nitrogen and oxygen atoms in total. The van der Waals surface area contributed by atoms with Crippen molar-refractivity contribution < 1.29 is 14.3 Å². The summed E-state index contributed by atoms with van der Waals surface area (Å²) in [6.45, 7) is 2.88. The van der Waals surface area contributed by atoms with E-state index >= 15 is 0 Å². The number of aromatic nitrogens is 2. The van der Waals surface area contributed by atoms with Gasteiger partial charge in [0.2, 0.25) is 5.95 Å². The van der Waals surface area contributed by atoms with Crippen molar-refractivity contribution in [1.82, 2.24) is 14.9 Å². The Balaban J connectivity index is 1.75. The minimum Gasteiger partial charge on any atom is -0.497 e. The van der Waals surface area contributed by atoms with Crippen LogP contribution in [0.3, 0.4) is 0 Å². The summed E-state index contributed by atoms with van der Waals surface area (Å²) in [5, 5.41) is 3.28. The van der Waals surface area contributed by atoms with Gasteiger partial charge in [-0.05, 0) is 53.2 Å². The van der Waals surface area contributed by atoms with Crippen LogP contribution in [0.25, 0.3) is 0 Å². The average Bonchev–Trinajstić information content (AvgIpc) is 3.22. The molecule has 2 heterocycles. The maximum Gasteiger partial charge on any atom is 0.298 e. The first kappa shape index (κ1) is 21.5. The van der Waals surface area contributed by atoms with E-state index in [9.17, 15) is 4.79 Å². The van der Waals surface area contributed by atoms with E-state index in [2.05, 4.69) is 54.9 Å². The third-order valence-electron chi connectivity index (χ3n) is 4.46. The molecule has 1 amide bonds. The van der Waals surface area contributed by atoms with E-state index in [1.165, 1.54) is 0 Å². The number of benzene rings is 1. The number of hydrogen-bond donors (Lipinski definition) is 1. The highest BCUT2D eigenvalue weighted by atomic mass is 79.9. The lowest BCUT2D eigenvalue weighted by Gasteiger charge is -2.14. The number of hydrogen-bond acceptors (Lipinski definition) is 6. The van der Waals surface area contributed by atoms with Crippen LogP contribution >= 0.6 is 15.9 Å². The third-order valence-corrected chi connectivity index (χ3v) is 5.04. The molecule has 0 saturated carbocycles. The molecule has 1 fully saturated rings. The minimum atomic E-state index is -0.154. The van der Waals surface area contributed by atoms with Crippen molar-refractivity contribution in [2.75, 3.05) is 32.6 Å². The van der Waals surface area contributed by atoms with Crippen LogP contribution in [0.2, 0.25) is 0 Å². The van der Waals surface area contributed by atoms with Crippen molar-refractivity contribution in [3.63, 3.8) is 0 Å². The van der Waals surface area contributed by atoms with Gasteiger partial charge in [0.25, 0.3) is 5.91 Å². The maximum atomic E-state index is 11.9. The number of carbonyl (C=O) groups is 1. The Bertz CT molecular complexity index is 1040. The molecule has 0 radical (unpaired) electrons. The fourth-order valence-corrected chi connectivity index (χ4v) is 3.26. The van der Waals surface area contributed by atoms with Crippen LogP contribution in [-0.4, -0.2) is 54.1 Å². The predicted molar refractivity (Wildman–Crippen MR) is 117 cm³/mol. The van der Waals surface area contributed by atoms with Gasteiger partial charge in [-0.2, -0.15) is 0 Å². The van der Waals surface area contributed by atoms with E-state index in [4.69, 9.17) is 9.47 Å². The van der Waals surface area contributed by atoms with Crippen molar-refractivity contribution in [1.29, 1.82) is 0 Å². The average molecular weight is 469 g/mol. The molecular formula is C22H21BrN4O3. The van der Waals surface area contributed by atoms with E-state index in [-0.39, 0.29) is 11.9 Å². The predicted octanol–water partition coefficient (Wildman–Crippen LogP) is 2.69. The number of halogens is 1. The fourth-order valence-electron chi connectivity index (χ4n) is 2.97. The molecule has 0 bridgehead atoms. The first-order chi connectivity index (χ1) is 14.5. The van der Waals surface area contributed by atoms with E-state index < -0.39 is 0 Å². The topological polar surface area (TPSA) is 76.6 Å². The van der Waals surface area contributed by atoms with Gasteiger partial charge in [0.05, 0.1) is 18.7 Å². The quantitative estimate of drug-likeness (QED) is 0.695. The number of methoxy groups -OCH3 is 2. The van der Waals surface area contributed by atoms with E-state index in [1.807, 2.05) is 12.1 Å². The third kappa shape index (κ3) is 5.43. The lowest BCUT2D eigenvalue weighted by Crippen LogP contribution is -2.30. The molecule has 1 aromatic carbocycles. The molecule has 1 aliphatic rings. The zero-order valence-electron chi connectivity index (χ0n) is 17.0. The van der Waals surface area contributed by atoms with Gasteiger partial charge < -0.3 is 19.7 Å². The van der Waals surface area contributed by atoms with Crippen molar-refractivity contribution >= 4 is 27.8 Å². The monoisotopic (exact) mass is 468 g/mol. The zero-order valence-corrected chi connectivity index (χ0v) is 18.5. The van der Waals surface area contributed by atoms with Gasteiger partial charge in [-0.1, -0.05) is 11.8 Å². The summed E-state index contributed by atoms with van der Waals surface area (Å²) < 4.78 is 11.2. The van der Waals surface area contributed by atoms with Gasteiger partial charge in [-0.15, -0.1) is 0 Å². The van der Waals surface area contributed by atoms with E-state index in [0.717, 1.165) is 12.0 Å². The summed E-state index contributed by atoms with van der Waals surface area (Å²) in [6.07, 6.45) is 2.47. The van der Waals surface area contributed by atoms with Gasteiger partial charge in [0.15, 0.2) is 0 Å². The largest absolute Gasteiger partial charge is 0.497 e. The normalized spacial score (nSPS) is 14.8. The summed E-state index contributed by atoms with van der Waals surface area (Å²) in [5.41, 5.74) is 1.30. The first-order valence-electron chi connectivity index (χ1n) is 9.28. The standard InChI is InChI=1S/C22H21BrN4O3/c1-4-5-21(28)27-9-8-16(14-27)25-22-24-13-19(23)20(26-22)7-6-15-10-17(29-2)12-18(11-15)30-3/h10-13,16H,8-9,14H2,1-3H3,(H,24,25,26)/t16-/m0/s1. The lowest BCUT2D eigenvalue weighted by molar-refractivity contribution is -0.124. The second-order valence-corrected chi connectivity index (χ2v) is 7.35. The SMILES string of the molecule is CC#CC(=O)N1CC[C@H](Nc2ncc(Br)c(C#Cc3cc(OC)cc(OC)c3)n2)C1. The van der Waals surface area contributed by atoms with Crippen molar-refractivity contribution in [3.05, 3.63) is 40.1 Å². The number of ether oxygens (including phenoxy) is 2. The van der Waals surface area contributed by atoms with Crippen LogP contribution in [0.15, 0.2) is 28.9 Å². The van der Waals surface area contributed by atoms with Gasteiger partial charge in [0, 0.05) is 37.0 Å². The number of nitrogens with zero attached hydrogens (tertiary/aromatic N) is 3. The van der Waals surface area contributed by atoms with Crippen molar-refractivity contribution in [2.45, 2.75) is 19.4 Å². The molecule has 0 spiro atoms. The van der Waals surface area contributed by atoms with Crippen LogP contribution in [-0.2, 0) is 4.79 Å². The molecule has 1 aliphatic heterocycles. The molecule has 8 heteroatoms. The molecule has 3 rings (SSSR count). The second kappa shape index (κ2) is 10.00. The molecule has 30 heavy (non-hydrogen) atoms. The Labute approximate surface area is 184 Å². The first-order valence-corrected chi connectivity index (χ1v) is 10.1. The number of amides is 1. The highest BCUT2D eigenvalue weighted by molar-refractivity contribution is 9.10. The molecule has 1 atom stereocenters. The Morgan fingerprint density at radius 1 is 1.23 bits per heavy atom. The molecule has 1 aromatic heterocycles. The van der Waals surface area contributed by atoms with Gasteiger partial charge in [0.1, 0.15) is 17.2 Å². The molecule has 2 aromatic rings. The van der Waals surface area contributed by atoms with E-state index in [1.54, 1.807) is 38.3 Å². The number of carbonyl (C=O) groups excluding carboxylic acids is 1. The summed E-state index contributed by atoms with van der Waals surface area (Å²) in [4.78, 5) is 22.4. The summed E-state index contributed by atoms with van der Waals surface area (Å²) >= 11 is 3.45. The Hall–Kier alpha value is -3.23. The van der Waals surface area contributed by atoms with E-state index in [0.29, 0.717) is 40.7 Å². The zero-order chi connectivity index (χ0) is 21.5. The number of likely N-dealkylation sites (tertiary alicyclic amines) is 1. The van der Waals surface area contributed by atoms with Gasteiger partial charge in [-0.3, -0.25) is 4.79 Å². The molecule has 154 valence electrons. The Morgan fingerprint density at radius 3 is 2.63 bits per heavy atom. The Kier molecular flexibility index (Phi) is 7.16. The second-order valence-electron chi connectivity index (χ2n) is 6.50. The summed E-state index contributed by atoms with van der Waals surface area (Å²) in [5.74, 6) is 13.0. The number of nitrogens with one attached hydrogen (secondary N) is 1. The van der Waals surface area contributed by atoms with Crippen LogP contribution in [0.5, 0.6) is 11.5 Å². The molecule has 1 saturated heterocycles. The van der Waals surface area contributed by atoms with Crippen LogP contribution < -0.4 is 14.8 Å². The van der Waals surface area contributed by atoms with Crippen LogP contribution in [0, 0.1) is 23.7 Å². The van der Waals surface area contributed by atoms with Crippen LogP contribution in [0.4, 0.5) is 5.95 Å². The highest BCUT2D eigenvalue weighted by Gasteiger charge is 2.25. The molecular weight excluding hydrogens is 448 g/mol. The number of anilines is 1. The number of rotatable bonds is 4. The molecule has 1 N–H and O–H groups in total. The minimum absolute atomic E-state index is 0.0669. The highest BCUT2D eigenvalue weighted by Crippen LogP contribution is 2.22. The van der Waals surface area contributed by atoms with Gasteiger partial charge in [-0.25, -0.2) is 9.97 Å².